The third kappa shape index (κ3) is 1.93. The molecule has 13 heavy (non-hydrogen) atoms. The summed E-state index contributed by atoms with van der Waals surface area (Å²) in [6.07, 6.45) is -0.0682. The summed E-state index contributed by atoms with van der Waals surface area (Å²) in [5.74, 6) is -0.402. The molecule has 1 heterocycles. The first-order valence-corrected chi connectivity index (χ1v) is 4.29. The summed E-state index contributed by atoms with van der Waals surface area (Å²) >= 11 is 0. The van der Waals surface area contributed by atoms with Gasteiger partial charge in [-0.2, -0.15) is 0 Å². The summed E-state index contributed by atoms with van der Waals surface area (Å²) in [5.41, 5.74) is 3.00. The Morgan fingerprint density at radius 2 is 2.23 bits per heavy atom. The summed E-state index contributed by atoms with van der Waals surface area (Å²) in [7, 11) is 1.76. The summed E-state index contributed by atoms with van der Waals surface area (Å²) in [4.78, 5) is 23.6. The number of rotatable bonds is 3. The molecule has 1 atom stereocenters. The van der Waals surface area contributed by atoms with Crippen molar-refractivity contribution in [3.8, 4) is 0 Å². The van der Waals surface area contributed by atoms with Crippen LogP contribution < -0.4 is 5.43 Å². The van der Waals surface area contributed by atoms with Gasteiger partial charge in [-0.25, -0.2) is 10.4 Å². The average Bonchev–Trinajstić information content (AvgIpc) is 2.46. The Morgan fingerprint density at radius 1 is 1.62 bits per heavy atom. The molecule has 0 aromatic heterocycles. The molecule has 74 valence electrons. The Kier molecular flexibility index (Phi) is 3.13. The molecule has 0 aromatic carbocycles. The summed E-state index contributed by atoms with van der Waals surface area (Å²) < 4.78 is 0. The molecule has 1 N–H and O–H groups in total. The van der Waals surface area contributed by atoms with Gasteiger partial charge in [-0.15, -0.1) is 0 Å². The van der Waals surface area contributed by atoms with Crippen LogP contribution in [-0.4, -0.2) is 47.9 Å². The number of ketones is 1. The Bertz CT molecular complexity index is 217. The first kappa shape index (κ1) is 10.3. The number of hydrogen-bond donors (Lipinski definition) is 1. The highest BCUT2D eigenvalue weighted by molar-refractivity contribution is 6.27. The molecule has 0 bridgehead atoms. The molecule has 5 heteroatoms. The molecule has 0 aromatic rings. The van der Waals surface area contributed by atoms with Gasteiger partial charge in [-0.3, -0.25) is 14.5 Å². The van der Waals surface area contributed by atoms with Crippen molar-refractivity contribution in [2.24, 2.45) is 0 Å². The number of hydrogen-bond acceptors (Lipinski definition) is 5. The van der Waals surface area contributed by atoms with E-state index >= 15 is 0 Å². The predicted molar refractivity (Wildman–Crippen MR) is 47.6 cm³/mol. The molecule has 0 aliphatic carbocycles. The number of nitrogens with zero attached hydrogens (tertiary/aromatic N) is 2. The molecule has 0 spiro atoms. The maximum Gasteiger partial charge on any atom is 0.228 e. The lowest BCUT2D eigenvalue weighted by Gasteiger charge is -2.26. The van der Waals surface area contributed by atoms with E-state index in [0.717, 1.165) is 0 Å². The SMILES string of the molecule is CC(C)N1CNN(C)C1C(=O)C=O. The summed E-state index contributed by atoms with van der Waals surface area (Å²) in [5, 5.41) is 1.66. The van der Waals surface area contributed by atoms with Gasteiger partial charge in [-0.05, 0) is 13.8 Å². The van der Waals surface area contributed by atoms with Crippen LogP contribution in [0.5, 0.6) is 0 Å². The largest absolute Gasteiger partial charge is 0.294 e. The third-order valence-electron chi connectivity index (χ3n) is 2.22. The highest BCUT2D eigenvalue weighted by Crippen LogP contribution is 2.12. The lowest BCUT2D eigenvalue weighted by Crippen LogP contribution is -2.47. The van der Waals surface area contributed by atoms with Crippen molar-refractivity contribution in [2.45, 2.75) is 26.1 Å². The van der Waals surface area contributed by atoms with Gasteiger partial charge in [0.1, 0.15) is 6.17 Å². The van der Waals surface area contributed by atoms with Crippen molar-refractivity contribution in [1.82, 2.24) is 15.3 Å². The fourth-order valence-corrected chi connectivity index (χ4v) is 1.47. The van der Waals surface area contributed by atoms with Crippen molar-refractivity contribution in [2.75, 3.05) is 13.7 Å². The lowest BCUT2D eigenvalue weighted by molar-refractivity contribution is -0.136. The molecular weight excluding hydrogens is 170 g/mol. The first-order valence-electron chi connectivity index (χ1n) is 4.29. The first-order chi connectivity index (χ1) is 6.07. The molecule has 0 amide bonds. The van der Waals surface area contributed by atoms with Gasteiger partial charge in [0.15, 0.2) is 6.29 Å². The van der Waals surface area contributed by atoms with E-state index in [0.29, 0.717) is 13.0 Å². The van der Waals surface area contributed by atoms with Crippen LogP contribution in [0.15, 0.2) is 0 Å². The van der Waals surface area contributed by atoms with E-state index in [9.17, 15) is 9.59 Å². The second-order valence-corrected chi connectivity index (χ2v) is 3.43. The zero-order valence-electron chi connectivity index (χ0n) is 8.15. The highest BCUT2D eigenvalue weighted by Gasteiger charge is 2.35. The van der Waals surface area contributed by atoms with Crippen LogP contribution in [0.1, 0.15) is 13.8 Å². The number of hydrazine groups is 1. The quantitative estimate of drug-likeness (QED) is 0.461. The topological polar surface area (TPSA) is 52.6 Å². The summed E-state index contributed by atoms with van der Waals surface area (Å²) in [6, 6.07) is 0.242. The van der Waals surface area contributed by atoms with Gasteiger partial charge in [0.05, 0.1) is 6.67 Å². The predicted octanol–water partition coefficient (Wildman–Crippen LogP) is -0.802. The molecule has 1 rings (SSSR count). The van der Waals surface area contributed by atoms with E-state index < -0.39 is 11.9 Å². The number of aldehydes is 1. The van der Waals surface area contributed by atoms with Crippen molar-refractivity contribution in [3.05, 3.63) is 0 Å². The number of Topliss-reactive ketones (excluding diaryl/α,β-unsaturated/α-hetero) is 1. The fraction of sp³-hybridized carbons (Fsp3) is 0.750. The number of carbonyl (C=O) groups is 2. The zero-order chi connectivity index (χ0) is 10.0. The van der Waals surface area contributed by atoms with Gasteiger partial charge < -0.3 is 0 Å². The molecular formula is C8H15N3O2. The standard InChI is InChI=1S/C8H15N3O2/c1-6(2)11-5-9-10(3)8(11)7(13)4-12/h4,6,8-9H,5H2,1-3H3. The number of likely N-dealkylation sites (N-methyl/N-ethyl adjacent to an activating group) is 1. The van der Waals surface area contributed by atoms with Crippen molar-refractivity contribution < 1.29 is 9.59 Å². The van der Waals surface area contributed by atoms with Gasteiger partial charge >= 0.3 is 0 Å². The molecule has 0 radical (unpaired) electrons. The van der Waals surface area contributed by atoms with Crippen LogP contribution in [0.25, 0.3) is 0 Å². The Morgan fingerprint density at radius 3 is 2.69 bits per heavy atom. The van der Waals surface area contributed by atoms with Crippen LogP contribution in [0.4, 0.5) is 0 Å². The van der Waals surface area contributed by atoms with Gasteiger partial charge in [0.25, 0.3) is 0 Å². The Hall–Kier alpha value is -0.780. The van der Waals surface area contributed by atoms with Gasteiger partial charge in [-0.1, -0.05) is 0 Å². The van der Waals surface area contributed by atoms with E-state index in [1.807, 2.05) is 18.7 Å². The molecule has 1 aliphatic heterocycles. The van der Waals surface area contributed by atoms with Gasteiger partial charge in [0, 0.05) is 13.1 Å². The molecule has 0 saturated carbocycles. The second kappa shape index (κ2) is 3.95. The van der Waals surface area contributed by atoms with Crippen LogP contribution in [0.2, 0.25) is 0 Å². The summed E-state index contributed by atoms with van der Waals surface area (Å²) in [6.45, 7) is 4.59. The third-order valence-corrected chi connectivity index (χ3v) is 2.22. The van der Waals surface area contributed by atoms with Crippen molar-refractivity contribution in [1.29, 1.82) is 0 Å². The minimum Gasteiger partial charge on any atom is -0.294 e. The fourth-order valence-electron chi connectivity index (χ4n) is 1.47. The Balaban J connectivity index is 2.76. The smallest absolute Gasteiger partial charge is 0.228 e. The highest BCUT2D eigenvalue weighted by atomic mass is 16.2. The minimum absolute atomic E-state index is 0.242. The normalized spacial score (nSPS) is 25.4. The van der Waals surface area contributed by atoms with Crippen LogP contribution in [-0.2, 0) is 9.59 Å². The van der Waals surface area contributed by atoms with E-state index in [1.54, 1.807) is 12.1 Å². The van der Waals surface area contributed by atoms with E-state index in [-0.39, 0.29) is 6.04 Å². The van der Waals surface area contributed by atoms with Crippen molar-refractivity contribution >= 4 is 12.1 Å². The Labute approximate surface area is 77.7 Å². The van der Waals surface area contributed by atoms with Crippen LogP contribution in [0.3, 0.4) is 0 Å². The average molecular weight is 185 g/mol. The number of nitrogens with one attached hydrogen (secondary N) is 1. The zero-order valence-corrected chi connectivity index (χ0v) is 8.15. The van der Waals surface area contributed by atoms with E-state index in [2.05, 4.69) is 5.43 Å². The maximum atomic E-state index is 11.2. The monoisotopic (exact) mass is 185 g/mol. The van der Waals surface area contributed by atoms with Crippen molar-refractivity contribution in [3.63, 3.8) is 0 Å². The molecule has 5 nitrogen and oxygen atoms in total. The van der Waals surface area contributed by atoms with E-state index in [4.69, 9.17) is 0 Å². The second-order valence-electron chi connectivity index (χ2n) is 3.43. The van der Waals surface area contributed by atoms with Gasteiger partial charge in [0.2, 0.25) is 5.78 Å². The molecule has 1 aliphatic rings. The minimum atomic E-state index is -0.447. The maximum absolute atomic E-state index is 11.2. The molecule has 1 fully saturated rings. The number of carbonyl (C=O) groups excluding carboxylic acids is 2. The van der Waals surface area contributed by atoms with Crippen LogP contribution >= 0.6 is 0 Å². The lowest BCUT2D eigenvalue weighted by atomic mass is 10.2. The molecule has 1 unspecified atom stereocenters. The van der Waals surface area contributed by atoms with Crippen LogP contribution in [0, 0.1) is 0 Å². The molecule has 1 saturated heterocycles. The van der Waals surface area contributed by atoms with E-state index in [1.165, 1.54) is 0 Å².